The first kappa shape index (κ1) is 24.3. The highest BCUT2D eigenvalue weighted by molar-refractivity contribution is 7.92. The topological polar surface area (TPSA) is 94.2 Å². The third-order valence-corrected chi connectivity index (χ3v) is 5.69. The Morgan fingerprint density at radius 2 is 1.68 bits per heavy atom. The van der Waals surface area contributed by atoms with E-state index in [1.165, 1.54) is 4.31 Å². The zero-order chi connectivity index (χ0) is 22.9. The summed E-state index contributed by atoms with van der Waals surface area (Å²) in [6, 6.07) is 13.8. The summed E-state index contributed by atoms with van der Waals surface area (Å²) >= 11 is 0. The van der Waals surface area contributed by atoms with E-state index >= 15 is 0 Å². The van der Waals surface area contributed by atoms with Gasteiger partial charge in [-0.1, -0.05) is 12.1 Å². The van der Waals surface area contributed by atoms with Crippen molar-refractivity contribution in [1.82, 2.24) is 5.32 Å². The maximum atomic E-state index is 12.3. The molecule has 0 spiro atoms. The minimum atomic E-state index is -3.48. The first-order valence-electron chi connectivity index (χ1n) is 9.91. The first-order chi connectivity index (χ1) is 14.7. The summed E-state index contributed by atoms with van der Waals surface area (Å²) < 4.78 is 41.7. The number of hydrogen-bond donors (Lipinski definition) is 1. The van der Waals surface area contributed by atoms with Gasteiger partial charge in [0.05, 0.1) is 32.2 Å². The molecule has 0 radical (unpaired) electrons. The molecule has 1 amide bonds. The summed E-state index contributed by atoms with van der Waals surface area (Å²) in [6.07, 6.45) is 1.72. The zero-order valence-electron chi connectivity index (χ0n) is 18.3. The number of para-hydroxylation sites is 2. The van der Waals surface area contributed by atoms with Gasteiger partial charge in [-0.05, 0) is 49.7 Å². The molecule has 31 heavy (non-hydrogen) atoms. The average molecular weight is 451 g/mol. The number of benzene rings is 2. The Balaban J connectivity index is 1.83. The maximum Gasteiger partial charge on any atom is 0.232 e. The molecule has 0 aliphatic heterocycles. The van der Waals surface area contributed by atoms with Gasteiger partial charge in [-0.2, -0.15) is 0 Å². The molecule has 1 atom stereocenters. The first-order valence-corrected chi connectivity index (χ1v) is 11.8. The van der Waals surface area contributed by atoms with Gasteiger partial charge in [0.1, 0.15) is 12.4 Å². The van der Waals surface area contributed by atoms with Crippen LogP contribution in [0.1, 0.15) is 19.8 Å². The molecule has 2 rings (SSSR count). The Bertz CT molecular complexity index is 947. The highest BCUT2D eigenvalue weighted by atomic mass is 32.2. The van der Waals surface area contributed by atoms with Gasteiger partial charge < -0.3 is 19.5 Å². The molecule has 170 valence electrons. The fourth-order valence-corrected chi connectivity index (χ4v) is 3.93. The van der Waals surface area contributed by atoms with Crippen molar-refractivity contribution in [2.45, 2.75) is 25.8 Å². The summed E-state index contributed by atoms with van der Waals surface area (Å²) in [5.41, 5.74) is 0.530. The van der Waals surface area contributed by atoms with Crippen molar-refractivity contribution in [3.63, 3.8) is 0 Å². The summed E-state index contributed by atoms with van der Waals surface area (Å²) in [4.78, 5) is 12.3. The molecule has 0 saturated heterocycles. The smallest absolute Gasteiger partial charge is 0.232 e. The Kier molecular flexibility index (Phi) is 8.99. The Hall–Kier alpha value is -2.94. The number of carbonyl (C=O) groups is 1. The predicted molar refractivity (Wildman–Crippen MR) is 121 cm³/mol. The van der Waals surface area contributed by atoms with Crippen molar-refractivity contribution in [2.24, 2.45) is 0 Å². The lowest BCUT2D eigenvalue weighted by atomic mass is 10.2. The number of methoxy groups -OCH3 is 2. The molecule has 0 unspecified atom stereocenters. The lowest BCUT2D eigenvalue weighted by Gasteiger charge is -2.22. The van der Waals surface area contributed by atoms with Crippen molar-refractivity contribution in [3.05, 3.63) is 48.5 Å². The number of nitrogens with one attached hydrogen (secondary N) is 1. The second-order valence-corrected chi connectivity index (χ2v) is 8.97. The summed E-state index contributed by atoms with van der Waals surface area (Å²) in [6.45, 7) is 2.32. The molecule has 8 nitrogen and oxygen atoms in total. The SMILES string of the molecule is COc1ccc(N(CCCC(=O)N[C@@H](C)COc2ccccc2OC)S(C)(=O)=O)cc1. The summed E-state index contributed by atoms with van der Waals surface area (Å²) in [5.74, 6) is 1.70. The summed E-state index contributed by atoms with van der Waals surface area (Å²) in [7, 11) is -0.361. The van der Waals surface area contributed by atoms with Crippen LogP contribution < -0.4 is 23.8 Å². The third kappa shape index (κ3) is 7.67. The van der Waals surface area contributed by atoms with Crippen molar-refractivity contribution >= 4 is 21.6 Å². The van der Waals surface area contributed by atoms with E-state index in [2.05, 4.69) is 5.32 Å². The molecule has 0 bridgehead atoms. The lowest BCUT2D eigenvalue weighted by molar-refractivity contribution is -0.121. The molecule has 2 aromatic carbocycles. The Morgan fingerprint density at radius 1 is 1.03 bits per heavy atom. The predicted octanol–water partition coefficient (Wildman–Crippen LogP) is 2.83. The molecular formula is C22H30N2O6S. The van der Waals surface area contributed by atoms with E-state index in [4.69, 9.17) is 14.2 Å². The van der Waals surface area contributed by atoms with Gasteiger partial charge in [-0.25, -0.2) is 8.42 Å². The molecule has 0 aliphatic carbocycles. The molecule has 0 heterocycles. The van der Waals surface area contributed by atoms with Gasteiger partial charge in [-0.15, -0.1) is 0 Å². The number of sulfonamides is 1. The molecular weight excluding hydrogens is 420 g/mol. The standard InChI is InChI=1S/C22H30N2O6S/c1-17(16-30-21-9-6-5-8-20(21)29-3)23-22(25)10-7-15-24(31(4,26)27)18-11-13-19(28-2)14-12-18/h5-6,8-9,11-14,17H,7,10,15-16H2,1-4H3,(H,23,25)/t17-/m0/s1. The molecule has 0 aliphatic rings. The van der Waals surface area contributed by atoms with E-state index < -0.39 is 10.0 Å². The summed E-state index contributed by atoms with van der Waals surface area (Å²) in [5, 5.41) is 2.87. The minimum absolute atomic E-state index is 0.167. The van der Waals surface area contributed by atoms with Crippen LogP contribution in [-0.2, 0) is 14.8 Å². The van der Waals surface area contributed by atoms with Crippen LogP contribution in [0.15, 0.2) is 48.5 Å². The minimum Gasteiger partial charge on any atom is -0.497 e. The van der Waals surface area contributed by atoms with Crippen LogP contribution in [0.25, 0.3) is 0 Å². The number of amides is 1. The van der Waals surface area contributed by atoms with Crippen molar-refractivity contribution in [1.29, 1.82) is 0 Å². The Labute approximate surface area is 184 Å². The van der Waals surface area contributed by atoms with Gasteiger partial charge in [0, 0.05) is 13.0 Å². The average Bonchev–Trinajstić information content (AvgIpc) is 2.74. The quantitative estimate of drug-likeness (QED) is 0.534. The van der Waals surface area contributed by atoms with Gasteiger partial charge in [-0.3, -0.25) is 9.10 Å². The van der Waals surface area contributed by atoms with Crippen LogP contribution in [0.5, 0.6) is 17.2 Å². The molecule has 1 N–H and O–H groups in total. The number of carbonyl (C=O) groups excluding carboxylic acids is 1. The van der Waals surface area contributed by atoms with E-state index in [9.17, 15) is 13.2 Å². The van der Waals surface area contributed by atoms with Gasteiger partial charge in [0.2, 0.25) is 15.9 Å². The van der Waals surface area contributed by atoms with E-state index in [-0.39, 0.29) is 31.5 Å². The molecule has 0 saturated carbocycles. The zero-order valence-corrected chi connectivity index (χ0v) is 19.1. The van der Waals surface area contributed by atoms with Crippen molar-refractivity contribution < 1.29 is 27.4 Å². The van der Waals surface area contributed by atoms with Crippen LogP contribution in [0.4, 0.5) is 5.69 Å². The van der Waals surface area contributed by atoms with Crippen molar-refractivity contribution in [2.75, 3.05) is 37.9 Å². The van der Waals surface area contributed by atoms with E-state index in [1.807, 2.05) is 19.1 Å². The van der Waals surface area contributed by atoms with Gasteiger partial charge in [0.25, 0.3) is 0 Å². The van der Waals surface area contributed by atoms with Crippen molar-refractivity contribution in [3.8, 4) is 17.2 Å². The maximum absolute atomic E-state index is 12.3. The normalized spacial score (nSPS) is 12.0. The van der Waals surface area contributed by atoms with E-state index in [0.29, 0.717) is 29.4 Å². The fraction of sp³-hybridized carbons (Fsp3) is 0.409. The number of ether oxygens (including phenoxy) is 3. The Morgan fingerprint density at radius 3 is 2.26 bits per heavy atom. The van der Waals surface area contributed by atoms with Crippen LogP contribution in [-0.4, -0.2) is 54.0 Å². The van der Waals surface area contributed by atoms with E-state index in [1.54, 1.807) is 50.6 Å². The van der Waals surface area contributed by atoms with Gasteiger partial charge in [0.15, 0.2) is 11.5 Å². The monoisotopic (exact) mass is 450 g/mol. The number of anilines is 1. The fourth-order valence-electron chi connectivity index (χ4n) is 2.96. The second kappa shape index (κ2) is 11.5. The van der Waals surface area contributed by atoms with Crippen LogP contribution >= 0.6 is 0 Å². The molecule has 0 fully saturated rings. The second-order valence-electron chi connectivity index (χ2n) is 7.07. The van der Waals surface area contributed by atoms with Crippen LogP contribution in [0.2, 0.25) is 0 Å². The van der Waals surface area contributed by atoms with Gasteiger partial charge >= 0.3 is 0 Å². The van der Waals surface area contributed by atoms with E-state index in [0.717, 1.165) is 6.26 Å². The molecule has 0 aromatic heterocycles. The number of rotatable bonds is 12. The molecule has 2 aromatic rings. The largest absolute Gasteiger partial charge is 0.497 e. The molecule has 9 heteroatoms. The van der Waals surface area contributed by atoms with Crippen LogP contribution in [0, 0.1) is 0 Å². The van der Waals surface area contributed by atoms with Crippen LogP contribution in [0.3, 0.4) is 0 Å². The number of nitrogens with zero attached hydrogens (tertiary/aromatic N) is 1. The highest BCUT2D eigenvalue weighted by Gasteiger charge is 2.18. The number of hydrogen-bond acceptors (Lipinski definition) is 6. The lowest BCUT2D eigenvalue weighted by Crippen LogP contribution is -2.37. The third-order valence-electron chi connectivity index (χ3n) is 4.49. The highest BCUT2D eigenvalue weighted by Crippen LogP contribution is 2.26.